The lowest BCUT2D eigenvalue weighted by Crippen LogP contribution is -2.25. The van der Waals surface area contributed by atoms with Crippen molar-refractivity contribution in [3.63, 3.8) is 0 Å². The summed E-state index contributed by atoms with van der Waals surface area (Å²) in [6.07, 6.45) is 5.65. The molecule has 1 amide bonds. The first-order valence-electron chi connectivity index (χ1n) is 7.90. The quantitative estimate of drug-likeness (QED) is 0.645. The molecule has 0 saturated carbocycles. The Hall–Kier alpha value is -3.41. The molecule has 0 spiro atoms. The minimum atomic E-state index is -0.154. The number of anilines is 2. The zero-order valence-electron chi connectivity index (χ0n) is 13.5. The molecule has 0 radical (unpaired) electrons. The van der Waals surface area contributed by atoms with Crippen LogP contribution in [0.2, 0.25) is 0 Å². The van der Waals surface area contributed by atoms with Crippen LogP contribution in [0.15, 0.2) is 67.1 Å². The molecule has 6 nitrogen and oxygen atoms in total. The number of nitrogens with zero attached hydrogens (tertiary/aromatic N) is 2. The molecule has 3 aromatic rings. The lowest BCUT2D eigenvalue weighted by molar-refractivity contribution is 0.0954. The Labute approximate surface area is 145 Å². The fourth-order valence-corrected chi connectivity index (χ4v) is 2.31. The van der Waals surface area contributed by atoms with E-state index in [1.165, 1.54) is 0 Å². The van der Waals surface area contributed by atoms with Crippen LogP contribution in [0.4, 0.5) is 11.5 Å². The third-order valence-corrected chi connectivity index (χ3v) is 3.61. The number of carbonyl (C=O) groups is 1. The van der Waals surface area contributed by atoms with Gasteiger partial charge in [-0.15, -0.1) is 0 Å². The van der Waals surface area contributed by atoms with Crippen molar-refractivity contribution in [2.24, 2.45) is 0 Å². The Kier molecular flexibility index (Phi) is 5.21. The Morgan fingerprint density at radius 2 is 1.76 bits per heavy atom. The van der Waals surface area contributed by atoms with Crippen LogP contribution in [0.5, 0.6) is 5.75 Å². The van der Waals surface area contributed by atoms with Crippen molar-refractivity contribution >= 4 is 17.4 Å². The van der Waals surface area contributed by atoms with Crippen molar-refractivity contribution in [2.75, 3.05) is 11.9 Å². The number of aromatic hydroxyl groups is 1. The molecule has 0 fully saturated rings. The fraction of sp³-hybridized carbons (Fsp3) is 0.105. The third-order valence-electron chi connectivity index (χ3n) is 3.61. The molecule has 126 valence electrons. The molecule has 0 atom stereocenters. The molecule has 0 bridgehead atoms. The van der Waals surface area contributed by atoms with Gasteiger partial charge >= 0.3 is 0 Å². The number of nitrogens with one attached hydrogen (secondary N) is 2. The maximum Gasteiger partial charge on any atom is 0.251 e. The van der Waals surface area contributed by atoms with Crippen LogP contribution in [0, 0.1) is 0 Å². The molecule has 0 saturated heterocycles. The van der Waals surface area contributed by atoms with Crippen LogP contribution in [0.25, 0.3) is 0 Å². The van der Waals surface area contributed by atoms with E-state index >= 15 is 0 Å². The first kappa shape index (κ1) is 16.4. The smallest absolute Gasteiger partial charge is 0.251 e. The van der Waals surface area contributed by atoms with E-state index < -0.39 is 0 Å². The molecule has 6 heteroatoms. The summed E-state index contributed by atoms with van der Waals surface area (Å²) in [6, 6.07) is 14.0. The number of rotatable bonds is 6. The van der Waals surface area contributed by atoms with Crippen molar-refractivity contribution < 1.29 is 9.90 Å². The molecule has 25 heavy (non-hydrogen) atoms. The fourth-order valence-electron chi connectivity index (χ4n) is 2.31. The van der Waals surface area contributed by atoms with Gasteiger partial charge in [-0.1, -0.05) is 12.1 Å². The number of amides is 1. The first-order chi connectivity index (χ1) is 12.2. The summed E-state index contributed by atoms with van der Waals surface area (Å²) in [5.41, 5.74) is 2.44. The normalized spacial score (nSPS) is 10.2. The summed E-state index contributed by atoms with van der Waals surface area (Å²) in [7, 11) is 0. The summed E-state index contributed by atoms with van der Waals surface area (Å²) in [4.78, 5) is 20.5. The SMILES string of the molecule is O=C(NCCc1ccc(O)cc1)c1ccnc(Nc2ccncc2)c1. The maximum absolute atomic E-state index is 12.3. The lowest BCUT2D eigenvalue weighted by Gasteiger charge is -2.08. The molecule has 0 aliphatic heterocycles. The minimum absolute atomic E-state index is 0.154. The number of hydrogen-bond acceptors (Lipinski definition) is 5. The Balaban J connectivity index is 1.56. The minimum Gasteiger partial charge on any atom is -0.508 e. The van der Waals surface area contributed by atoms with Gasteiger partial charge in [0.1, 0.15) is 11.6 Å². The van der Waals surface area contributed by atoms with Crippen molar-refractivity contribution in [1.82, 2.24) is 15.3 Å². The number of aromatic nitrogens is 2. The van der Waals surface area contributed by atoms with Gasteiger partial charge in [0.2, 0.25) is 0 Å². The van der Waals surface area contributed by atoms with E-state index in [1.807, 2.05) is 24.3 Å². The highest BCUT2D eigenvalue weighted by atomic mass is 16.3. The monoisotopic (exact) mass is 334 g/mol. The largest absolute Gasteiger partial charge is 0.508 e. The predicted octanol–water partition coefficient (Wildman–Crippen LogP) is 2.90. The Morgan fingerprint density at radius 1 is 1.00 bits per heavy atom. The molecular formula is C19H18N4O2. The van der Waals surface area contributed by atoms with E-state index in [2.05, 4.69) is 20.6 Å². The molecule has 2 heterocycles. The van der Waals surface area contributed by atoms with Crippen LogP contribution in [-0.2, 0) is 6.42 Å². The molecular weight excluding hydrogens is 316 g/mol. The van der Waals surface area contributed by atoms with Crippen LogP contribution >= 0.6 is 0 Å². The molecule has 3 rings (SSSR count). The second-order valence-corrected chi connectivity index (χ2v) is 5.46. The molecule has 2 aromatic heterocycles. The maximum atomic E-state index is 12.3. The second-order valence-electron chi connectivity index (χ2n) is 5.46. The van der Waals surface area contributed by atoms with Crippen LogP contribution in [-0.4, -0.2) is 27.5 Å². The van der Waals surface area contributed by atoms with Gasteiger partial charge in [-0.05, 0) is 48.4 Å². The van der Waals surface area contributed by atoms with Gasteiger partial charge in [0, 0.05) is 36.4 Å². The van der Waals surface area contributed by atoms with Gasteiger partial charge in [0.05, 0.1) is 0 Å². The van der Waals surface area contributed by atoms with E-state index in [4.69, 9.17) is 0 Å². The summed E-state index contributed by atoms with van der Waals surface area (Å²) in [5, 5.41) is 15.3. The van der Waals surface area contributed by atoms with E-state index in [9.17, 15) is 9.90 Å². The van der Waals surface area contributed by atoms with E-state index in [-0.39, 0.29) is 11.7 Å². The predicted molar refractivity (Wildman–Crippen MR) is 95.9 cm³/mol. The highest BCUT2D eigenvalue weighted by Crippen LogP contribution is 2.14. The van der Waals surface area contributed by atoms with Crippen molar-refractivity contribution in [3.05, 3.63) is 78.2 Å². The van der Waals surface area contributed by atoms with Gasteiger partial charge in [-0.25, -0.2) is 4.98 Å². The lowest BCUT2D eigenvalue weighted by atomic mass is 10.1. The standard InChI is InChI=1S/C19H18N4O2/c24-17-3-1-14(2-4-17)5-11-22-19(25)15-6-12-21-18(13-15)23-16-7-9-20-10-8-16/h1-4,6-10,12-13,24H,5,11H2,(H,22,25)(H,20,21,23). The van der Waals surface area contributed by atoms with Crippen molar-refractivity contribution in [3.8, 4) is 5.75 Å². The number of hydrogen-bond donors (Lipinski definition) is 3. The number of pyridine rings is 2. The van der Waals surface area contributed by atoms with Crippen molar-refractivity contribution in [2.45, 2.75) is 6.42 Å². The van der Waals surface area contributed by atoms with E-state index in [1.54, 1.807) is 42.9 Å². The second kappa shape index (κ2) is 7.92. The molecule has 0 unspecified atom stereocenters. The van der Waals surface area contributed by atoms with Gasteiger partial charge < -0.3 is 15.7 Å². The van der Waals surface area contributed by atoms with Gasteiger partial charge in [0.25, 0.3) is 5.91 Å². The summed E-state index contributed by atoms with van der Waals surface area (Å²) >= 11 is 0. The molecule has 3 N–H and O–H groups in total. The Bertz CT molecular complexity index is 836. The molecule has 0 aliphatic rings. The summed E-state index contributed by atoms with van der Waals surface area (Å²) < 4.78 is 0. The zero-order valence-corrected chi connectivity index (χ0v) is 13.5. The van der Waals surface area contributed by atoms with Gasteiger partial charge in [-0.2, -0.15) is 0 Å². The number of phenolic OH excluding ortho intramolecular Hbond substituents is 1. The van der Waals surface area contributed by atoms with Crippen LogP contribution < -0.4 is 10.6 Å². The number of phenols is 1. The topological polar surface area (TPSA) is 87.1 Å². The summed E-state index contributed by atoms with van der Waals surface area (Å²) in [6.45, 7) is 0.513. The molecule has 0 aliphatic carbocycles. The zero-order chi connectivity index (χ0) is 17.5. The Morgan fingerprint density at radius 3 is 2.52 bits per heavy atom. The highest BCUT2D eigenvalue weighted by Gasteiger charge is 2.07. The first-order valence-corrected chi connectivity index (χ1v) is 7.90. The van der Waals surface area contributed by atoms with E-state index in [0.717, 1.165) is 11.3 Å². The van der Waals surface area contributed by atoms with Crippen molar-refractivity contribution in [1.29, 1.82) is 0 Å². The van der Waals surface area contributed by atoms with E-state index in [0.29, 0.717) is 24.3 Å². The van der Waals surface area contributed by atoms with Gasteiger partial charge in [-0.3, -0.25) is 9.78 Å². The number of benzene rings is 1. The highest BCUT2D eigenvalue weighted by molar-refractivity contribution is 5.94. The average Bonchev–Trinajstić information content (AvgIpc) is 2.64. The van der Waals surface area contributed by atoms with Crippen LogP contribution in [0.1, 0.15) is 15.9 Å². The third kappa shape index (κ3) is 4.78. The van der Waals surface area contributed by atoms with Crippen LogP contribution in [0.3, 0.4) is 0 Å². The summed E-state index contributed by atoms with van der Waals surface area (Å²) in [5.74, 6) is 0.676. The molecule has 1 aromatic carbocycles. The average molecular weight is 334 g/mol. The van der Waals surface area contributed by atoms with Gasteiger partial charge in [0.15, 0.2) is 0 Å². The number of carbonyl (C=O) groups excluding carboxylic acids is 1.